The second-order valence-corrected chi connectivity index (χ2v) is 18.1. The normalized spacial score (nSPS) is 27.9. The highest BCUT2D eigenvalue weighted by Crippen LogP contribution is 2.53. The average Bonchev–Trinajstić information content (AvgIpc) is 3.34. The van der Waals surface area contributed by atoms with Crippen LogP contribution >= 0.6 is 11.8 Å². The van der Waals surface area contributed by atoms with Crippen LogP contribution in [0.15, 0.2) is 23.3 Å². The number of likely N-dealkylation sites (tertiary alicyclic amines) is 1. The van der Waals surface area contributed by atoms with Gasteiger partial charge in [0, 0.05) is 22.6 Å². The van der Waals surface area contributed by atoms with Gasteiger partial charge in [0.05, 0.1) is 37.3 Å². The van der Waals surface area contributed by atoms with E-state index in [-0.39, 0.29) is 65.8 Å². The summed E-state index contributed by atoms with van der Waals surface area (Å²) in [6, 6.07) is -0.619. The molecule has 39 heavy (non-hydrogen) atoms. The van der Waals surface area contributed by atoms with Crippen LogP contribution in [0, 0.1) is 11.8 Å². The van der Waals surface area contributed by atoms with Crippen LogP contribution < -0.4 is 0 Å². The van der Waals surface area contributed by atoms with Crippen LogP contribution in [0.25, 0.3) is 0 Å². The molecule has 0 saturated carbocycles. The predicted octanol–water partition coefficient (Wildman–Crippen LogP) is 4.65. The predicted molar refractivity (Wildman–Crippen MR) is 151 cm³/mol. The van der Waals surface area contributed by atoms with Crippen molar-refractivity contribution in [1.82, 2.24) is 9.80 Å². The number of amides is 2. The topological polar surface area (TPSA) is 106 Å². The zero-order valence-corrected chi connectivity index (χ0v) is 25.9. The first-order chi connectivity index (χ1) is 18.2. The number of thioether (sulfide) groups is 1. The van der Waals surface area contributed by atoms with Crippen LogP contribution in [0.4, 0.5) is 9.18 Å². The van der Waals surface area contributed by atoms with Crippen LogP contribution in [0.3, 0.4) is 0 Å². The number of fused-ring (bicyclic) bond motifs is 1. The van der Waals surface area contributed by atoms with Crippen molar-refractivity contribution in [3.8, 4) is 0 Å². The molecular weight excluding hydrogens is 543 g/mol. The molecule has 0 aliphatic carbocycles. The number of rotatable bonds is 12. The lowest BCUT2D eigenvalue weighted by molar-refractivity contribution is -0.162. The SMILES string of the molecule is C=CCOC(=O)N1C[C@@H](SC2=C(C(=O)O)N3C(=O)[C@H]([C@@H](C)O[Si](C)(C)C(C)(C)C)[C@H]3[C@@H]2C)C[C@H]1COCCF. The summed E-state index contributed by atoms with van der Waals surface area (Å²) in [7, 11) is -2.14. The molecule has 2 saturated heterocycles. The molecule has 0 unspecified atom stereocenters. The number of hydrogen-bond acceptors (Lipinski definition) is 7. The van der Waals surface area contributed by atoms with Crippen molar-refractivity contribution in [2.75, 3.05) is 33.0 Å². The Hall–Kier alpha value is -1.89. The van der Waals surface area contributed by atoms with Crippen molar-refractivity contribution in [3.63, 3.8) is 0 Å². The Morgan fingerprint density at radius 3 is 2.56 bits per heavy atom. The molecular formula is C27H43FN2O7SSi. The van der Waals surface area contributed by atoms with Gasteiger partial charge in [0.25, 0.3) is 0 Å². The fraction of sp³-hybridized carbons (Fsp3) is 0.741. The van der Waals surface area contributed by atoms with Gasteiger partial charge in [0.15, 0.2) is 8.32 Å². The Balaban J connectivity index is 1.78. The highest BCUT2D eigenvalue weighted by molar-refractivity contribution is 8.03. The molecule has 0 spiro atoms. The summed E-state index contributed by atoms with van der Waals surface area (Å²) in [4.78, 5) is 42.0. The second-order valence-electron chi connectivity index (χ2n) is 12.0. The molecule has 6 atom stereocenters. The van der Waals surface area contributed by atoms with E-state index in [9.17, 15) is 23.9 Å². The van der Waals surface area contributed by atoms with Gasteiger partial charge >= 0.3 is 12.1 Å². The summed E-state index contributed by atoms with van der Waals surface area (Å²) < 4.78 is 29.8. The number of halogens is 1. The van der Waals surface area contributed by atoms with Crippen LogP contribution in [0.1, 0.15) is 41.0 Å². The summed E-state index contributed by atoms with van der Waals surface area (Å²) in [6.45, 7) is 18.0. The van der Waals surface area contributed by atoms with E-state index in [0.717, 1.165) is 0 Å². The van der Waals surface area contributed by atoms with E-state index >= 15 is 0 Å². The molecule has 2 amide bonds. The van der Waals surface area contributed by atoms with E-state index in [4.69, 9.17) is 13.9 Å². The fourth-order valence-corrected chi connectivity index (χ4v) is 8.38. The number of alkyl halides is 1. The first kappa shape index (κ1) is 31.6. The third-order valence-electron chi connectivity index (χ3n) is 8.34. The fourth-order valence-electron chi connectivity index (χ4n) is 5.39. The molecule has 0 bridgehead atoms. The largest absolute Gasteiger partial charge is 0.477 e. The van der Waals surface area contributed by atoms with Crippen molar-refractivity contribution in [1.29, 1.82) is 0 Å². The molecule has 9 nitrogen and oxygen atoms in total. The molecule has 3 rings (SSSR count). The van der Waals surface area contributed by atoms with Crippen LogP contribution in [-0.2, 0) is 23.5 Å². The first-order valence-corrected chi connectivity index (χ1v) is 17.3. The van der Waals surface area contributed by atoms with Crippen molar-refractivity contribution >= 4 is 38.0 Å². The molecule has 12 heteroatoms. The van der Waals surface area contributed by atoms with E-state index in [1.807, 2.05) is 13.8 Å². The standard InChI is InChI=1S/C27H43FN2O7SSi/c1-9-11-36-26(34)29-14-19(13-18(29)15-35-12-10-28)38-23-16(2)21-20(24(31)30(21)22(23)25(32)33)17(3)37-39(7,8)27(4,5)6/h9,16-21H,1,10-15H2,2-8H3,(H,32,33)/t16-,17+,18-,19-,20+,21+/m0/s1. The Labute approximate surface area is 236 Å². The number of hydrogen-bond donors (Lipinski definition) is 1. The molecule has 3 aliphatic rings. The van der Waals surface area contributed by atoms with Crippen molar-refractivity contribution in [2.45, 2.75) is 82.6 Å². The molecule has 0 aromatic carbocycles. The number of carboxylic acids is 1. The number of β-lactam (4-membered cyclic amide) rings is 1. The number of carboxylic acid groups (broad SMARTS) is 1. The third kappa shape index (κ3) is 6.38. The summed E-state index contributed by atoms with van der Waals surface area (Å²) in [5, 5.41) is 9.97. The Bertz CT molecular complexity index is 1000. The van der Waals surface area contributed by atoms with Gasteiger partial charge in [-0.2, -0.15) is 0 Å². The van der Waals surface area contributed by atoms with Crippen molar-refractivity contribution in [3.05, 3.63) is 23.3 Å². The summed E-state index contributed by atoms with van der Waals surface area (Å²) in [5.41, 5.74) is 0.0242. The zero-order chi connectivity index (χ0) is 29.3. The molecule has 0 radical (unpaired) electrons. The van der Waals surface area contributed by atoms with Crippen LogP contribution in [0.2, 0.25) is 18.1 Å². The van der Waals surface area contributed by atoms with Gasteiger partial charge in [-0.25, -0.2) is 14.0 Å². The molecule has 1 N–H and O–H groups in total. The minimum atomic E-state index is -2.14. The van der Waals surface area contributed by atoms with Gasteiger partial charge in [-0.15, -0.1) is 11.8 Å². The van der Waals surface area contributed by atoms with E-state index in [1.54, 1.807) is 4.90 Å². The number of carbonyl (C=O) groups excluding carboxylic acids is 2. The van der Waals surface area contributed by atoms with Gasteiger partial charge in [0.1, 0.15) is 19.0 Å². The van der Waals surface area contributed by atoms with Crippen molar-refractivity contribution in [2.24, 2.45) is 11.8 Å². The molecule has 220 valence electrons. The number of nitrogens with zero attached hydrogens (tertiary/aromatic N) is 2. The third-order valence-corrected chi connectivity index (χ3v) is 14.4. The van der Waals surface area contributed by atoms with E-state index < -0.39 is 33.0 Å². The summed E-state index contributed by atoms with van der Waals surface area (Å²) >= 11 is 1.40. The zero-order valence-electron chi connectivity index (χ0n) is 24.1. The Kier molecular flexibility index (Phi) is 9.99. The van der Waals surface area contributed by atoms with Crippen LogP contribution in [0.5, 0.6) is 0 Å². The van der Waals surface area contributed by atoms with Gasteiger partial charge in [-0.1, -0.05) is 40.3 Å². The van der Waals surface area contributed by atoms with E-state index in [2.05, 4.69) is 40.4 Å². The minimum Gasteiger partial charge on any atom is -0.477 e. The van der Waals surface area contributed by atoms with E-state index in [1.165, 1.54) is 22.7 Å². The lowest BCUT2D eigenvalue weighted by Crippen LogP contribution is -2.65. The molecule has 0 aromatic heterocycles. The monoisotopic (exact) mass is 586 g/mol. The molecule has 0 aromatic rings. The highest BCUT2D eigenvalue weighted by Gasteiger charge is 2.61. The lowest BCUT2D eigenvalue weighted by Gasteiger charge is -2.50. The summed E-state index contributed by atoms with van der Waals surface area (Å²) in [6.07, 6.45) is 1.15. The quantitative estimate of drug-likeness (QED) is 0.152. The minimum absolute atomic E-state index is 0.0217. The molecule has 3 heterocycles. The highest BCUT2D eigenvalue weighted by atomic mass is 32.2. The van der Waals surface area contributed by atoms with Gasteiger partial charge in [-0.3, -0.25) is 4.79 Å². The molecule has 2 fully saturated rings. The van der Waals surface area contributed by atoms with E-state index in [0.29, 0.717) is 17.9 Å². The maximum Gasteiger partial charge on any atom is 0.410 e. The molecule has 3 aliphatic heterocycles. The van der Waals surface area contributed by atoms with Crippen LogP contribution in [-0.4, -0.2) is 97.7 Å². The Morgan fingerprint density at radius 2 is 2.00 bits per heavy atom. The second kappa shape index (κ2) is 12.3. The number of carbonyl (C=O) groups is 3. The Morgan fingerprint density at radius 1 is 1.33 bits per heavy atom. The van der Waals surface area contributed by atoms with Gasteiger partial charge in [-0.05, 0) is 31.5 Å². The van der Waals surface area contributed by atoms with Crippen molar-refractivity contribution < 1.29 is 37.8 Å². The summed E-state index contributed by atoms with van der Waals surface area (Å²) in [5.74, 6) is -1.97. The average molecular weight is 587 g/mol. The maximum absolute atomic E-state index is 13.3. The maximum atomic E-state index is 13.3. The first-order valence-electron chi connectivity index (χ1n) is 13.5. The van der Waals surface area contributed by atoms with Gasteiger partial charge < -0.3 is 28.8 Å². The number of aliphatic carboxylic acids is 1. The van der Waals surface area contributed by atoms with Gasteiger partial charge in [0.2, 0.25) is 5.91 Å². The number of ether oxygens (including phenoxy) is 2. The lowest BCUT2D eigenvalue weighted by atomic mass is 9.79. The smallest absolute Gasteiger partial charge is 0.410 e.